The molecule has 19 heavy (non-hydrogen) atoms. The number of nitrogens with one attached hydrogen (secondary N) is 2. The molecule has 0 aromatic heterocycles. The van der Waals surface area contributed by atoms with Gasteiger partial charge in [-0.25, -0.2) is 0 Å². The van der Waals surface area contributed by atoms with Crippen LogP contribution in [0.25, 0.3) is 0 Å². The van der Waals surface area contributed by atoms with E-state index in [4.69, 9.17) is 4.74 Å². The molecule has 1 amide bonds. The Bertz CT molecular complexity index is 496. The molecule has 0 aliphatic carbocycles. The van der Waals surface area contributed by atoms with Crippen LogP contribution < -0.4 is 15.4 Å². The highest BCUT2D eigenvalue weighted by molar-refractivity contribution is 9.10. The second-order valence-corrected chi connectivity index (χ2v) is 6.03. The van der Waals surface area contributed by atoms with E-state index in [0.717, 1.165) is 35.1 Å². The molecule has 5 heteroatoms. The maximum Gasteiger partial charge on any atom is 0.244 e. The molecular weight excluding hydrogens is 308 g/mol. The molecule has 0 spiro atoms. The van der Waals surface area contributed by atoms with E-state index in [1.807, 2.05) is 26.0 Å². The van der Waals surface area contributed by atoms with Crippen molar-refractivity contribution in [2.75, 3.05) is 19.0 Å². The van der Waals surface area contributed by atoms with Crippen molar-refractivity contribution in [1.82, 2.24) is 5.32 Å². The van der Waals surface area contributed by atoms with Gasteiger partial charge in [0.2, 0.25) is 5.91 Å². The van der Waals surface area contributed by atoms with Crippen molar-refractivity contribution in [3.05, 3.63) is 22.2 Å². The van der Waals surface area contributed by atoms with Gasteiger partial charge in [0, 0.05) is 4.47 Å². The van der Waals surface area contributed by atoms with Crippen molar-refractivity contribution in [2.24, 2.45) is 0 Å². The van der Waals surface area contributed by atoms with E-state index in [2.05, 4.69) is 26.6 Å². The molecule has 104 valence electrons. The van der Waals surface area contributed by atoms with E-state index in [9.17, 15) is 4.79 Å². The Morgan fingerprint density at radius 1 is 1.53 bits per heavy atom. The SMILES string of the molecule is COc1cc(Br)cc(C)c1NC(=O)C1(C)CCCN1. The molecule has 1 unspecified atom stereocenters. The molecule has 2 rings (SSSR count). The Labute approximate surface area is 122 Å². The maximum atomic E-state index is 12.4. The summed E-state index contributed by atoms with van der Waals surface area (Å²) in [4.78, 5) is 12.4. The lowest BCUT2D eigenvalue weighted by Gasteiger charge is -2.24. The monoisotopic (exact) mass is 326 g/mol. The van der Waals surface area contributed by atoms with Crippen LogP contribution >= 0.6 is 15.9 Å². The van der Waals surface area contributed by atoms with E-state index < -0.39 is 5.54 Å². The second-order valence-electron chi connectivity index (χ2n) is 5.12. The van der Waals surface area contributed by atoms with Crippen LogP contribution in [0.1, 0.15) is 25.3 Å². The van der Waals surface area contributed by atoms with Gasteiger partial charge in [0.15, 0.2) is 0 Å². The van der Waals surface area contributed by atoms with Crippen molar-refractivity contribution in [1.29, 1.82) is 0 Å². The molecule has 1 saturated heterocycles. The Morgan fingerprint density at radius 2 is 2.26 bits per heavy atom. The molecule has 0 radical (unpaired) electrons. The lowest BCUT2D eigenvalue weighted by molar-refractivity contribution is -0.121. The third kappa shape index (κ3) is 2.92. The number of rotatable bonds is 3. The van der Waals surface area contributed by atoms with Crippen LogP contribution in [-0.4, -0.2) is 25.1 Å². The van der Waals surface area contributed by atoms with Gasteiger partial charge < -0.3 is 15.4 Å². The Hall–Kier alpha value is -1.07. The number of carbonyl (C=O) groups excluding carboxylic acids is 1. The third-order valence-electron chi connectivity index (χ3n) is 3.59. The molecule has 2 N–H and O–H groups in total. The average molecular weight is 327 g/mol. The zero-order valence-corrected chi connectivity index (χ0v) is 13.1. The van der Waals surface area contributed by atoms with Crippen molar-refractivity contribution in [3.8, 4) is 5.75 Å². The zero-order chi connectivity index (χ0) is 14.0. The van der Waals surface area contributed by atoms with Crippen LogP contribution in [0.3, 0.4) is 0 Å². The van der Waals surface area contributed by atoms with Crippen LogP contribution in [0.4, 0.5) is 5.69 Å². The summed E-state index contributed by atoms with van der Waals surface area (Å²) in [6, 6.07) is 3.82. The number of benzene rings is 1. The second kappa shape index (κ2) is 5.51. The van der Waals surface area contributed by atoms with Crippen LogP contribution in [0.5, 0.6) is 5.75 Å². The maximum absolute atomic E-state index is 12.4. The van der Waals surface area contributed by atoms with Crippen molar-refractivity contribution in [2.45, 2.75) is 32.2 Å². The number of hydrogen-bond acceptors (Lipinski definition) is 3. The van der Waals surface area contributed by atoms with E-state index in [1.165, 1.54) is 0 Å². The first-order valence-electron chi connectivity index (χ1n) is 6.37. The molecule has 4 nitrogen and oxygen atoms in total. The lowest BCUT2D eigenvalue weighted by Crippen LogP contribution is -2.48. The Kier molecular flexibility index (Phi) is 4.16. The van der Waals surface area contributed by atoms with Gasteiger partial charge in [0.1, 0.15) is 5.75 Å². The van der Waals surface area contributed by atoms with Crippen LogP contribution in [-0.2, 0) is 4.79 Å². The molecule has 0 bridgehead atoms. The van der Waals surface area contributed by atoms with E-state index in [0.29, 0.717) is 5.75 Å². The Morgan fingerprint density at radius 3 is 2.84 bits per heavy atom. The van der Waals surface area contributed by atoms with E-state index in [-0.39, 0.29) is 5.91 Å². The first-order chi connectivity index (χ1) is 8.96. The topological polar surface area (TPSA) is 50.4 Å². The van der Waals surface area contributed by atoms with Crippen LogP contribution in [0.15, 0.2) is 16.6 Å². The van der Waals surface area contributed by atoms with Crippen LogP contribution in [0.2, 0.25) is 0 Å². The van der Waals surface area contributed by atoms with Gasteiger partial charge in [-0.1, -0.05) is 15.9 Å². The summed E-state index contributed by atoms with van der Waals surface area (Å²) in [6.45, 7) is 4.78. The highest BCUT2D eigenvalue weighted by atomic mass is 79.9. The number of carbonyl (C=O) groups is 1. The number of aryl methyl sites for hydroxylation is 1. The summed E-state index contributed by atoms with van der Waals surface area (Å²) in [7, 11) is 1.60. The fourth-order valence-electron chi connectivity index (χ4n) is 2.37. The largest absolute Gasteiger partial charge is 0.495 e. The molecule has 1 aliphatic rings. The fourth-order valence-corrected chi connectivity index (χ4v) is 2.92. The van der Waals surface area contributed by atoms with E-state index >= 15 is 0 Å². The van der Waals surface area contributed by atoms with Gasteiger partial charge in [-0.05, 0) is 50.9 Å². The number of hydrogen-bond donors (Lipinski definition) is 2. The van der Waals surface area contributed by atoms with Gasteiger partial charge in [-0.15, -0.1) is 0 Å². The van der Waals surface area contributed by atoms with Crippen LogP contribution in [0, 0.1) is 6.92 Å². The fraction of sp³-hybridized carbons (Fsp3) is 0.500. The molecule has 1 aromatic rings. The van der Waals surface area contributed by atoms with E-state index in [1.54, 1.807) is 7.11 Å². The quantitative estimate of drug-likeness (QED) is 0.898. The smallest absolute Gasteiger partial charge is 0.244 e. The number of methoxy groups -OCH3 is 1. The average Bonchev–Trinajstić information content (AvgIpc) is 2.80. The molecule has 1 heterocycles. The number of amides is 1. The first-order valence-corrected chi connectivity index (χ1v) is 7.16. The van der Waals surface area contributed by atoms with Gasteiger partial charge in [0.25, 0.3) is 0 Å². The predicted molar refractivity (Wildman–Crippen MR) is 79.7 cm³/mol. The number of anilines is 1. The molecule has 1 fully saturated rings. The van der Waals surface area contributed by atoms with Crippen molar-refractivity contribution in [3.63, 3.8) is 0 Å². The third-order valence-corrected chi connectivity index (χ3v) is 4.05. The highest BCUT2D eigenvalue weighted by Crippen LogP contribution is 2.33. The first kappa shape index (κ1) is 14.3. The minimum atomic E-state index is -0.482. The minimum absolute atomic E-state index is 0.00581. The molecule has 1 atom stereocenters. The Balaban J connectivity index is 2.26. The molecule has 0 saturated carbocycles. The summed E-state index contributed by atoms with van der Waals surface area (Å²) >= 11 is 3.43. The molecule has 1 aromatic carbocycles. The highest BCUT2D eigenvalue weighted by Gasteiger charge is 2.36. The van der Waals surface area contributed by atoms with Gasteiger partial charge in [-0.3, -0.25) is 4.79 Å². The molecular formula is C14H19BrN2O2. The zero-order valence-electron chi connectivity index (χ0n) is 11.5. The summed E-state index contributed by atoms with van der Waals surface area (Å²) in [5.41, 5.74) is 1.23. The van der Waals surface area contributed by atoms with Gasteiger partial charge in [-0.2, -0.15) is 0 Å². The lowest BCUT2D eigenvalue weighted by atomic mass is 9.99. The normalized spacial score (nSPS) is 22.3. The summed E-state index contributed by atoms with van der Waals surface area (Å²) in [5.74, 6) is 0.663. The van der Waals surface area contributed by atoms with Crippen molar-refractivity contribution < 1.29 is 9.53 Å². The summed E-state index contributed by atoms with van der Waals surface area (Å²) in [5, 5.41) is 6.25. The number of halogens is 1. The summed E-state index contributed by atoms with van der Waals surface area (Å²) < 4.78 is 6.27. The van der Waals surface area contributed by atoms with Crippen molar-refractivity contribution >= 4 is 27.5 Å². The summed E-state index contributed by atoms with van der Waals surface area (Å²) in [6.07, 6.45) is 1.89. The number of ether oxygens (including phenoxy) is 1. The van der Waals surface area contributed by atoms with Gasteiger partial charge in [0.05, 0.1) is 18.3 Å². The minimum Gasteiger partial charge on any atom is -0.495 e. The predicted octanol–water partition coefficient (Wildman–Crippen LogP) is 2.85. The van der Waals surface area contributed by atoms with Gasteiger partial charge >= 0.3 is 0 Å². The standard InChI is InChI=1S/C14H19BrN2O2/c1-9-7-10(15)8-11(19-3)12(9)17-13(18)14(2)5-4-6-16-14/h7-8,16H,4-6H2,1-3H3,(H,17,18). The molecule has 1 aliphatic heterocycles.